The third-order valence-corrected chi connectivity index (χ3v) is 3.64. The van der Waals surface area contributed by atoms with Crippen molar-refractivity contribution in [1.82, 2.24) is 16.0 Å². The molecule has 0 radical (unpaired) electrons. The van der Waals surface area contributed by atoms with Gasteiger partial charge in [-0.25, -0.2) is 4.79 Å². The molecule has 122 valence electrons. The van der Waals surface area contributed by atoms with Crippen molar-refractivity contribution in [3.05, 3.63) is 24.2 Å². The van der Waals surface area contributed by atoms with Crippen molar-refractivity contribution in [1.29, 1.82) is 0 Å². The summed E-state index contributed by atoms with van der Waals surface area (Å²) < 4.78 is 10.4. The number of rotatable bonds is 6. The fourth-order valence-electron chi connectivity index (χ4n) is 2.45. The van der Waals surface area contributed by atoms with Crippen molar-refractivity contribution in [3.8, 4) is 0 Å². The van der Waals surface area contributed by atoms with Gasteiger partial charge in [-0.3, -0.25) is 4.79 Å². The van der Waals surface area contributed by atoms with E-state index in [1.54, 1.807) is 25.5 Å². The molecule has 0 unspecified atom stereocenters. The number of carbonyl (C=O) groups is 2. The molecule has 0 aromatic carbocycles. The van der Waals surface area contributed by atoms with Crippen LogP contribution in [-0.2, 0) is 9.53 Å². The second-order valence-electron chi connectivity index (χ2n) is 5.31. The van der Waals surface area contributed by atoms with Crippen LogP contribution in [0.1, 0.15) is 37.5 Å². The molecule has 3 amide bonds. The van der Waals surface area contributed by atoms with Gasteiger partial charge < -0.3 is 25.1 Å². The summed E-state index contributed by atoms with van der Waals surface area (Å²) in [5.74, 6) is 0.539. The Morgan fingerprint density at radius 2 is 2.41 bits per heavy atom. The van der Waals surface area contributed by atoms with Crippen LogP contribution in [0.5, 0.6) is 0 Å². The standard InChI is InChI=1S/C15H23N3O4/c1-21-10-7-11(13-6-4-9-22-13)17-15(20)18-12-5-2-3-8-16-14(12)19/h4,6,9,11-12H,2-3,5,7-8,10H2,1H3,(H,16,19)(H2,17,18,20)/t11-,12-/m0/s1. The molecule has 1 aromatic rings. The number of carbonyl (C=O) groups excluding carboxylic acids is 2. The molecule has 7 heteroatoms. The number of nitrogens with one attached hydrogen (secondary N) is 3. The highest BCUT2D eigenvalue weighted by molar-refractivity contribution is 5.87. The van der Waals surface area contributed by atoms with Crippen LogP contribution in [-0.4, -0.2) is 38.2 Å². The molecule has 2 heterocycles. The van der Waals surface area contributed by atoms with Crippen LogP contribution >= 0.6 is 0 Å². The second kappa shape index (κ2) is 8.43. The van der Waals surface area contributed by atoms with Crippen molar-refractivity contribution in [2.75, 3.05) is 20.3 Å². The topological polar surface area (TPSA) is 92.6 Å². The lowest BCUT2D eigenvalue weighted by atomic mass is 10.1. The summed E-state index contributed by atoms with van der Waals surface area (Å²) in [6.07, 6.45) is 4.66. The summed E-state index contributed by atoms with van der Waals surface area (Å²) in [6, 6.07) is 2.43. The van der Waals surface area contributed by atoms with E-state index in [-0.39, 0.29) is 18.0 Å². The first-order valence-electron chi connectivity index (χ1n) is 7.58. The lowest BCUT2D eigenvalue weighted by Crippen LogP contribution is -2.49. The number of amides is 3. The predicted molar refractivity (Wildman–Crippen MR) is 80.3 cm³/mol. The molecule has 1 aliphatic rings. The normalized spacial score (nSPS) is 19.9. The molecule has 2 atom stereocenters. The fourth-order valence-corrected chi connectivity index (χ4v) is 2.45. The van der Waals surface area contributed by atoms with Crippen LogP contribution in [0.15, 0.2) is 22.8 Å². The molecular formula is C15H23N3O4. The molecule has 1 fully saturated rings. The number of ether oxygens (including phenoxy) is 1. The maximum Gasteiger partial charge on any atom is 0.316 e. The molecule has 22 heavy (non-hydrogen) atoms. The minimum absolute atomic E-state index is 0.126. The van der Waals surface area contributed by atoms with Crippen LogP contribution < -0.4 is 16.0 Å². The summed E-state index contributed by atoms with van der Waals surface area (Å²) in [6.45, 7) is 1.16. The van der Waals surface area contributed by atoms with Crippen LogP contribution in [0.2, 0.25) is 0 Å². The third-order valence-electron chi connectivity index (χ3n) is 3.64. The van der Waals surface area contributed by atoms with Gasteiger partial charge in [0.15, 0.2) is 0 Å². The van der Waals surface area contributed by atoms with Gasteiger partial charge in [-0.05, 0) is 37.8 Å². The average molecular weight is 309 g/mol. The third kappa shape index (κ3) is 4.77. The van der Waals surface area contributed by atoms with Gasteiger partial charge in [-0.2, -0.15) is 0 Å². The molecule has 0 aliphatic carbocycles. The zero-order chi connectivity index (χ0) is 15.8. The molecule has 1 aliphatic heterocycles. The van der Waals surface area contributed by atoms with Gasteiger partial charge in [-0.1, -0.05) is 0 Å². The minimum atomic E-state index is -0.484. The predicted octanol–water partition coefficient (Wildman–Crippen LogP) is 1.33. The summed E-state index contributed by atoms with van der Waals surface area (Å²) >= 11 is 0. The highest BCUT2D eigenvalue weighted by Gasteiger charge is 2.24. The monoisotopic (exact) mass is 309 g/mol. The maximum absolute atomic E-state index is 12.2. The highest BCUT2D eigenvalue weighted by atomic mass is 16.5. The first-order chi connectivity index (χ1) is 10.7. The zero-order valence-electron chi connectivity index (χ0n) is 12.8. The smallest absolute Gasteiger partial charge is 0.316 e. The van der Waals surface area contributed by atoms with E-state index in [1.807, 2.05) is 0 Å². The van der Waals surface area contributed by atoms with Crippen LogP contribution in [0.25, 0.3) is 0 Å². The fraction of sp³-hybridized carbons (Fsp3) is 0.600. The summed E-state index contributed by atoms with van der Waals surface area (Å²) in [5.41, 5.74) is 0. The minimum Gasteiger partial charge on any atom is -0.467 e. The maximum atomic E-state index is 12.2. The van der Waals surface area contributed by atoms with Crippen molar-refractivity contribution < 1.29 is 18.7 Å². The van der Waals surface area contributed by atoms with Gasteiger partial charge in [0, 0.05) is 20.3 Å². The van der Waals surface area contributed by atoms with E-state index in [0.29, 0.717) is 31.8 Å². The first kappa shape index (κ1) is 16.4. The lowest BCUT2D eigenvalue weighted by Gasteiger charge is -2.20. The molecule has 0 spiro atoms. The van der Waals surface area contributed by atoms with E-state index in [4.69, 9.17) is 9.15 Å². The highest BCUT2D eigenvalue weighted by Crippen LogP contribution is 2.17. The Bertz CT molecular complexity index is 475. The Hall–Kier alpha value is -2.02. The van der Waals surface area contributed by atoms with E-state index in [9.17, 15) is 9.59 Å². The molecule has 0 saturated carbocycles. The van der Waals surface area contributed by atoms with Crippen molar-refractivity contribution in [3.63, 3.8) is 0 Å². The first-order valence-corrected chi connectivity index (χ1v) is 7.58. The van der Waals surface area contributed by atoms with Gasteiger partial charge in [0.2, 0.25) is 5.91 Å². The molecular weight excluding hydrogens is 286 g/mol. The number of urea groups is 1. The zero-order valence-corrected chi connectivity index (χ0v) is 12.8. The van der Waals surface area contributed by atoms with E-state index in [1.165, 1.54) is 0 Å². The summed E-state index contributed by atoms with van der Waals surface area (Å²) in [5, 5.41) is 8.37. The van der Waals surface area contributed by atoms with E-state index >= 15 is 0 Å². The van der Waals surface area contributed by atoms with Gasteiger partial charge in [0.25, 0.3) is 0 Å². The van der Waals surface area contributed by atoms with Gasteiger partial charge in [-0.15, -0.1) is 0 Å². The Balaban J connectivity index is 1.91. The molecule has 0 bridgehead atoms. The van der Waals surface area contributed by atoms with Gasteiger partial charge >= 0.3 is 6.03 Å². The van der Waals surface area contributed by atoms with Crippen molar-refractivity contribution in [2.24, 2.45) is 0 Å². The molecule has 1 saturated heterocycles. The number of furan rings is 1. The largest absolute Gasteiger partial charge is 0.467 e. The van der Waals surface area contributed by atoms with E-state index in [0.717, 1.165) is 12.8 Å². The lowest BCUT2D eigenvalue weighted by molar-refractivity contribution is -0.122. The Morgan fingerprint density at radius 3 is 3.14 bits per heavy atom. The molecule has 7 nitrogen and oxygen atoms in total. The average Bonchev–Trinajstić information content (AvgIpc) is 2.96. The second-order valence-corrected chi connectivity index (χ2v) is 5.31. The van der Waals surface area contributed by atoms with Crippen LogP contribution in [0.3, 0.4) is 0 Å². The number of hydrogen-bond acceptors (Lipinski definition) is 4. The Kier molecular flexibility index (Phi) is 6.27. The Labute approximate surface area is 129 Å². The van der Waals surface area contributed by atoms with Gasteiger partial charge in [0.05, 0.1) is 12.3 Å². The van der Waals surface area contributed by atoms with Crippen LogP contribution in [0, 0.1) is 0 Å². The SMILES string of the molecule is COCC[C@H](NC(=O)N[C@H]1CCCCNC1=O)c1ccco1. The van der Waals surface area contributed by atoms with Crippen LogP contribution in [0.4, 0.5) is 4.79 Å². The number of hydrogen-bond donors (Lipinski definition) is 3. The van der Waals surface area contributed by atoms with E-state index < -0.39 is 6.04 Å². The van der Waals surface area contributed by atoms with Crippen molar-refractivity contribution in [2.45, 2.75) is 37.8 Å². The number of methoxy groups -OCH3 is 1. The molecule has 3 N–H and O–H groups in total. The molecule has 1 aromatic heterocycles. The quantitative estimate of drug-likeness (QED) is 0.739. The summed E-state index contributed by atoms with van der Waals surface area (Å²) in [4.78, 5) is 24.0. The molecule has 2 rings (SSSR count). The van der Waals surface area contributed by atoms with E-state index in [2.05, 4.69) is 16.0 Å². The summed E-state index contributed by atoms with van der Waals surface area (Å²) in [7, 11) is 1.61. The Morgan fingerprint density at radius 1 is 1.55 bits per heavy atom. The van der Waals surface area contributed by atoms with Crippen molar-refractivity contribution >= 4 is 11.9 Å². The van der Waals surface area contributed by atoms with Gasteiger partial charge in [0.1, 0.15) is 11.8 Å².